The average molecular weight is 561 g/mol. The second-order valence-electron chi connectivity index (χ2n) is 9.79. The van der Waals surface area contributed by atoms with Crippen molar-refractivity contribution in [3.8, 4) is 5.75 Å². The molecule has 1 aliphatic heterocycles. The topological polar surface area (TPSA) is 106 Å². The van der Waals surface area contributed by atoms with E-state index in [4.69, 9.17) is 9.47 Å². The Morgan fingerprint density at radius 1 is 1.15 bits per heavy atom. The number of hydrogen-bond acceptors (Lipinski definition) is 8. The Bertz CT molecular complexity index is 1450. The van der Waals surface area contributed by atoms with E-state index in [2.05, 4.69) is 11.6 Å². The van der Waals surface area contributed by atoms with Crippen molar-refractivity contribution in [1.82, 2.24) is 4.98 Å². The standard InChI is InChI=1S/C31H32N2O6S/c1-6-16-38-30(37)28-19(5)32-31(40-28)33-25(21-10-8-20(7-2)9-11-21)24(27(35)29(33)36)26(34)22-12-14-23(15-13-22)39-17-18(3)4/h6,8-15,18,25,34H,1,7,16-17H2,2-5H3/b26-24+. The number of rotatable bonds is 10. The molecule has 0 spiro atoms. The molecular weight excluding hydrogens is 528 g/mol. The molecule has 1 aliphatic rings. The maximum atomic E-state index is 13.5. The molecule has 0 saturated carbocycles. The quantitative estimate of drug-likeness (QED) is 0.106. The van der Waals surface area contributed by atoms with Crippen LogP contribution in [0.3, 0.4) is 0 Å². The number of benzene rings is 2. The van der Waals surface area contributed by atoms with Crippen LogP contribution < -0.4 is 9.64 Å². The molecule has 1 atom stereocenters. The molecule has 2 aromatic carbocycles. The average Bonchev–Trinajstić information content (AvgIpc) is 3.46. The molecule has 3 aromatic rings. The molecule has 1 N–H and O–H groups in total. The number of Topliss-reactive ketones (excluding diaryl/α,β-unsaturated/α-hetero) is 1. The second kappa shape index (κ2) is 12.3. The van der Waals surface area contributed by atoms with E-state index in [0.717, 1.165) is 23.3 Å². The van der Waals surface area contributed by atoms with Crippen LogP contribution in [0.25, 0.3) is 5.76 Å². The summed E-state index contributed by atoms with van der Waals surface area (Å²) in [6.45, 7) is 11.9. The molecule has 8 nitrogen and oxygen atoms in total. The van der Waals surface area contributed by atoms with E-state index in [1.807, 2.05) is 45.0 Å². The maximum absolute atomic E-state index is 13.5. The van der Waals surface area contributed by atoms with Crippen LogP contribution in [0.15, 0.2) is 66.8 Å². The van der Waals surface area contributed by atoms with Gasteiger partial charge in [0.05, 0.1) is 23.9 Å². The van der Waals surface area contributed by atoms with E-state index in [1.54, 1.807) is 31.2 Å². The maximum Gasteiger partial charge on any atom is 0.350 e. The lowest BCUT2D eigenvalue weighted by atomic mass is 9.94. The normalized spacial score (nSPS) is 16.4. The van der Waals surface area contributed by atoms with Crippen LogP contribution in [0.4, 0.5) is 5.13 Å². The number of anilines is 1. The van der Waals surface area contributed by atoms with Gasteiger partial charge in [0.15, 0.2) is 5.13 Å². The minimum Gasteiger partial charge on any atom is -0.507 e. The molecule has 1 amide bonds. The summed E-state index contributed by atoms with van der Waals surface area (Å²) >= 11 is 0.959. The molecule has 1 aromatic heterocycles. The number of aryl methyl sites for hydroxylation is 2. The van der Waals surface area contributed by atoms with E-state index in [9.17, 15) is 19.5 Å². The highest BCUT2D eigenvalue weighted by Crippen LogP contribution is 2.44. The van der Waals surface area contributed by atoms with Gasteiger partial charge in [0.2, 0.25) is 0 Å². The summed E-state index contributed by atoms with van der Waals surface area (Å²) in [7, 11) is 0. The lowest BCUT2D eigenvalue weighted by molar-refractivity contribution is -0.132. The third kappa shape index (κ3) is 5.84. The van der Waals surface area contributed by atoms with Gasteiger partial charge in [-0.05, 0) is 54.7 Å². The zero-order valence-electron chi connectivity index (χ0n) is 23.0. The Kier molecular flexibility index (Phi) is 8.84. The van der Waals surface area contributed by atoms with Crippen molar-refractivity contribution in [3.63, 3.8) is 0 Å². The van der Waals surface area contributed by atoms with Gasteiger partial charge in [-0.15, -0.1) is 0 Å². The van der Waals surface area contributed by atoms with Crippen LogP contribution in [0.5, 0.6) is 5.75 Å². The van der Waals surface area contributed by atoms with Crippen molar-refractivity contribution in [1.29, 1.82) is 0 Å². The highest BCUT2D eigenvalue weighted by molar-refractivity contribution is 7.17. The van der Waals surface area contributed by atoms with Crippen LogP contribution in [0, 0.1) is 12.8 Å². The van der Waals surface area contributed by atoms with Crippen LogP contribution >= 0.6 is 11.3 Å². The first-order valence-corrected chi connectivity index (χ1v) is 13.9. The summed E-state index contributed by atoms with van der Waals surface area (Å²) in [5.41, 5.74) is 2.38. The largest absolute Gasteiger partial charge is 0.507 e. The van der Waals surface area contributed by atoms with Gasteiger partial charge in [0.25, 0.3) is 5.78 Å². The molecule has 4 rings (SSSR count). The Morgan fingerprint density at radius 3 is 2.42 bits per heavy atom. The molecule has 1 fully saturated rings. The fourth-order valence-corrected chi connectivity index (χ4v) is 5.27. The minimum absolute atomic E-state index is 0.0289. The monoisotopic (exact) mass is 560 g/mol. The Hall–Kier alpha value is -4.24. The number of thiazole rings is 1. The molecule has 9 heteroatoms. The Balaban J connectivity index is 1.81. The smallest absolute Gasteiger partial charge is 0.350 e. The number of aliphatic hydroxyl groups excluding tert-OH is 1. The lowest BCUT2D eigenvalue weighted by Gasteiger charge is -2.23. The molecular formula is C31H32N2O6S. The fourth-order valence-electron chi connectivity index (χ4n) is 4.28. The van der Waals surface area contributed by atoms with Crippen LogP contribution in [0.1, 0.15) is 58.9 Å². The highest BCUT2D eigenvalue weighted by atomic mass is 32.1. The summed E-state index contributed by atoms with van der Waals surface area (Å²) in [4.78, 5) is 45.4. The first-order chi connectivity index (χ1) is 19.2. The van der Waals surface area contributed by atoms with Crippen molar-refractivity contribution in [2.24, 2.45) is 5.92 Å². The van der Waals surface area contributed by atoms with Crippen LogP contribution in [-0.4, -0.2) is 41.0 Å². The number of ether oxygens (including phenoxy) is 2. The number of aromatic nitrogens is 1. The molecule has 0 aliphatic carbocycles. The SMILES string of the molecule is C=CCOC(=O)c1sc(N2C(=O)C(=O)/C(=C(/O)c3ccc(OCC(C)C)cc3)C2c2ccc(CC)cc2)nc1C. The lowest BCUT2D eigenvalue weighted by Crippen LogP contribution is -2.29. The van der Waals surface area contributed by atoms with Gasteiger partial charge < -0.3 is 14.6 Å². The zero-order chi connectivity index (χ0) is 29.0. The van der Waals surface area contributed by atoms with Gasteiger partial charge in [-0.25, -0.2) is 9.78 Å². The third-order valence-corrected chi connectivity index (χ3v) is 7.51. The minimum atomic E-state index is -0.953. The number of nitrogens with zero attached hydrogens (tertiary/aromatic N) is 2. The molecule has 40 heavy (non-hydrogen) atoms. The number of carbonyl (C=O) groups is 3. The summed E-state index contributed by atoms with van der Waals surface area (Å²) in [6, 6.07) is 13.3. The van der Waals surface area contributed by atoms with Gasteiger partial charge in [-0.1, -0.05) is 69.0 Å². The Labute approximate surface area is 237 Å². The third-order valence-electron chi connectivity index (χ3n) is 6.37. The molecule has 0 bridgehead atoms. The first-order valence-electron chi connectivity index (χ1n) is 13.0. The van der Waals surface area contributed by atoms with Crippen LogP contribution in [0.2, 0.25) is 0 Å². The van der Waals surface area contributed by atoms with Crippen molar-refractivity contribution in [2.75, 3.05) is 18.1 Å². The molecule has 1 unspecified atom stereocenters. The number of carbonyl (C=O) groups excluding carboxylic acids is 3. The Morgan fingerprint density at radius 2 is 1.82 bits per heavy atom. The molecule has 2 heterocycles. The zero-order valence-corrected chi connectivity index (χ0v) is 23.8. The molecule has 208 valence electrons. The number of hydrogen-bond donors (Lipinski definition) is 1. The van der Waals surface area contributed by atoms with Gasteiger partial charge in [0, 0.05) is 5.56 Å². The summed E-state index contributed by atoms with van der Waals surface area (Å²) in [6.07, 6.45) is 2.27. The van der Waals surface area contributed by atoms with Gasteiger partial charge in [0.1, 0.15) is 23.0 Å². The van der Waals surface area contributed by atoms with E-state index in [-0.39, 0.29) is 27.9 Å². The molecule has 1 saturated heterocycles. The summed E-state index contributed by atoms with van der Waals surface area (Å²) in [5.74, 6) is -1.61. The number of aliphatic hydroxyl groups is 1. The van der Waals surface area contributed by atoms with E-state index >= 15 is 0 Å². The predicted octanol–water partition coefficient (Wildman–Crippen LogP) is 6.02. The number of ketones is 1. The van der Waals surface area contributed by atoms with E-state index in [1.165, 1.54) is 11.0 Å². The predicted molar refractivity (Wildman–Crippen MR) is 155 cm³/mol. The first kappa shape index (κ1) is 28.8. The fraction of sp³-hybridized carbons (Fsp3) is 0.290. The van der Waals surface area contributed by atoms with Crippen LogP contribution in [-0.2, 0) is 20.7 Å². The molecule has 0 radical (unpaired) electrons. The summed E-state index contributed by atoms with van der Waals surface area (Å²) < 4.78 is 10.9. The highest BCUT2D eigenvalue weighted by Gasteiger charge is 2.48. The van der Waals surface area contributed by atoms with Crippen molar-refractivity contribution < 1.29 is 29.0 Å². The van der Waals surface area contributed by atoms with Crippen molar-refractivity contribution >= 4 is 39.9 Å². The van der Waals surface area contributed by atoms with Gasteiger partial charge >= 0.3 is 11.9 Å². The van der Waals surface area contributed by atoms with Gasteiger partial charge in [-0.3, -0.25) is 14.5 Å². The second-order valence-corrected chi connectivity index (χ2v) is 10.8. The van der Waals surface area contributed by atoms with E-state index in [0.29, 0.717) is 35.1 Å². The number of esters is 1. The van der Waals surface area contributed by atoms with Crippen molar-refractivity contribution in [3.05, 3.63) is 94.0 Å². The van der Waals surface area contributed by atoms with Crippen molar-refractivity contribution in [2.45, 2.75) is 40.2 Å². The number of amides is 1. The van der Waals surface area contributed by atoms with Gasteiger partial charge in [-0.2, -0.15) is 0 Å². The summed E-state index contributed by atoms with van der Waals surface area (Å²) in [5, 5.41) is 11.6. The van der Waals surface area contributed by atoms with E-state index < -0.39 is 23.7 Å².